The molecule has 0 heterocycles. The van der Waals surface area contributed by atoms with Crippen LogP contribution in [0, 0.1) is 0 Å². The van der Waals surface area contributed by atoms with Gasteiger partial charge in [0, 0.05) is 0 Å². The lowest BCUT2D eigenvalue weighted by Gasteiger charge is -2.05. The van der Waals surface area contributed by atoms with E-state index in [1.807, 2.05) is 30.3 Å². The van der Waals surface area contributed by atoms with Gasteiger partial charge >= 0.3 is 5.97 Å². The van der Waals surface area contributed by atoms with E-state index in [4.69, 9.17) is 10.6 Å². The molecule has 1 aromatic rings. The normalized spacial score (nSPS) is 10.2. The zero-order chi connectivity index (χ0) is 11.6. The highest BCUT2D eigenvalue weighted by Gasteiger charge is 2.01. The van der Waals surface area contributed by atoms with E-state index >= 15 is 0 Å². The summed E-state index contributed by atoms with van der Waals surface area (Å²) in [7, 11) is 0. The summed E-state index contributed by atoms with van der Waals surface area (Å²) >= 11 is 0. The van der Waals surface area contributed by atoms with Crippen LogP contribution in [0.3, 0.4) is 0 Å². The molecule has 6 heteroatoms. The van der Waals surface area contributed by atoms with Gasteiger partial charge in [-0.15, -0.1) is 0 Å². The smallest absolute Gasteiger partial charge is 0.322 e. The molecule has 0 radical (unpaired) electrons. The van der Waals surface area contributed by atoms with Crippen molar-refractivity contribution in [3.8, 4) is 0 Å². The summed E-state index contributed by atoms with van der Waals surface area (Å²) in [6.07, 6.45) is 1.23. The summed E-state index contributed by atoms with van der Waals surface area (Å²) in [4.78, 5) is 11.2. The van der Waals surface area contributed by atoms with Crippen molar-refractivity contribution in [3.05, 3.63) is 35.9 Å². The number of nitrogens with one attached hydrogen (secondary N) is 2. The van der Waals surface area contributed by atoms with Crippen molar-refractivity contribution in [2.45, 2.75) is 6.61 Å². The van der Waals surface area contributed by atoms with Gasteiger partial charge in [-0.2, -0.15) is 5.10 Å². The minimum Gasteiger partial charge on any atom is -0.460 e. The second-order valence-corrected chi connectivity index (χ2v) is 2.92. The van der Waals surface area contributed by atoms with Gasteiger partial charge in [0.25, 0.3) is 0 Å². The molecule has 0 saturated carbocycles. The van der Waals surface area contributed by atoms with E-state index < -0.39 is 0 Å². The Morgan fingerprint density at radius 1 is 1.44 bits per heavy atom. The van der Waals surface area contributed by atoms with Crippen LogP contribution in [0.4, 0.5) is 0 Å². The maximum atomic E-state index is 11.2. The fraction of sp³-hybridized carbons (Fsp3) is 0.200. The average Bonchev–Trinajstić information content (AvgIpc) is 2.33. The first kappa shape index (κ1) is 12.0. The van der Waals surface area contributed by atoms with Crippen LogP contribution in [-0.2, 0) is 16.1 Å². The lowest BCUT2D eigenvalue weighted by Crippen LogP contribution is -2.36. The fourth-order valence-electron chi connectivity index (χ4n) is 0.995. The molecule has 0 aliphatic heterocycles. The SMILES string of the molecule is NN=CNNCC(=O)OCc1ccccc1. The first-order chi connectivity index (χ1) is 7.83. The maximum absolute atomic E-state index is 11.2. The van der Waals surface area contributed by atoms with Crippen LogP contribution < -0.4 is 16.7 Å². The average molecular weight is 222 g/mol. The van der Waals surface area contributed by atoms with Crippen molar-refractivity contribution in [2.75, 3.05) is 6.54 Å². The van der Waals surface area contributed by atoms with E-state index in [0.29, 0.717) is 0 Å². The molecule has 0 spiro atoms. The summed E-state index contributed by atoms with van der Waals surface area (Å²) < 4.78 is 4.99. The number of esters is 1. The van der Waals surface area contributed by atoms with Crippen molar-refractivity contribution in [2.24, 2.45) is 10.9 Å². The predicted molar refractivity (Wildman–Crippen MR) is 60.1 cm³/mol. The maximum Gasteiger partial charge on any atom is 0.322 e. The van der Waals surface area contributed by atoms with Gasteiger partial charge in [-0.1, -0.05) is 30.3 Å². The van der Waals surface area contributed by atoms with Crippen molar-refractivity contribution >= 4 is 12.3 Å². The molecule has 0 atom stereocenters. The van der Waals surface area contributed by atoms with E-state index in [0.717, 1.165) is 5.56 Å². The van der Waals surface area contributed by atoms with Gasteiger partial charge in [0.2, 0.25) is 0 Å². The van der Waals surface area contributed by atoms with Crippen molar-refractivity contribution in [3.63, 3.8) is 0 Å². The number of rotatable bonds is 6. The van der Waals surface area contributed by atoms with Gasteiger partial charge in [-0.05, 0) is 5.56 Å². The highest BCUT2D eigenvalue weighted by Crippen LogP contribution is 1.99. The van der Waals surface area contributed by atoms with Gasteiger partial charge < -0.3 is 16.0 Å². The van der Waals surface area contributed by atoms with E-state index in [-0.39, 0.29) is 19.1 Å². The number of hydrogen-bond acceptors (Lipinski definition) is 5. The Hall–Kier alpha value is -2.08. The number of nitrogens with two attached hydrogens (primary N) is 1. The lowest BCUT2D eigenvalue weighted by molar-refractivity contribution is -0.143. The Kier molecular flexibility index (Phi) is 5.43. The highest BCUT2D eigenvalue weighted by atomic mass is 16.5. The molecule has 86 valence electrons. The Bertz CT molecular complexity index is 340. The highest BCUT2D eigenvalue weighted by molar-refractivity contribution is 5.71. The summed E-state index contributed by atoms with van der Waals surface area (Å²) in [6.45, 7) is 0.311. The first-order valence-electron chi connectivity index (χ1n) is 4.72. The molecule has 0 unspecified atom stereocenters. The number of ether oxygens (including phenoxy) is 1. The first-order valence-corrected chi connectivity index (χ1v) is 4.72. The summed E-state index contributed by atoms with van der Waals surface area (Å²) in [6, 6.07) is 9.46. The molecule has 0 fully saturated rings. The number of benzene rings is 1. The van der Waals surface area contributed by atoms with Crippen LogP contribution in [-0.4, -0.2) is 18.9 Å². The minimum absolute atomic E-state index is 0.0405. The molecule has 4 N–H and O–H groups in total. The number of hydrazine groups is 1. The van der Waals surface area contributed by atoms with Crippen molar-refractivity contribution in [1.82, 2.24) is 10.9 Å². The van der Waals surface area contributed by atoms with Gasteiger partial charge in [0.05, 0.1) is 0 Å². The Labute approximate surface area is 93.4 Å². The topological polar surface area (TPSA) is 88.7 Å². The summed E-state index contributed by atoms with van der Waals surface area (Å²) in [5.74, 6) is 4.47. The monoisotopic (exact) mass is 222 g/mol. The molecular formula is C10H14N4O2. The number of hydrazone groups is 1. The van der Waals surface area contributed by atoms with Crippen LogP contribution in [0.1, 0.15) is 5.56 Å². The third-order valence-corrected chi connectivity index (χ3v) is 1.72. The van der Waals surface area contributed by atoms with Crippen LogP contribution in [0.15, 0.2) is 35.4 Å². The van der Waals surface area contributed by atoms with Crippen LogP contribution in [0.2, 0.25) is 0 Å². The molecule has 0 aliphatic rings. The molecule has 0 aliphatic carbocycles. The number of nitrogens with zero attached hydrogens (tertiary/aromatic N) is 1. The Morgan fingerprint density at radius 2 is 2.19 bits per heavy atom. The van der Waals surface area contributed by atoms with E-state index in [1.54, 1.807) is 0 Å². The second kappa shape index (κ2) is 7.24. The zero-order valence-electron chi connectivity index (χ0n) is 8.72. The molecule has 1 rings (SSSR count). The molecular weight excluding hydrogens is 208 g/mol. The Balaban J connectivity index is 2.15. The van der Waals surface area contributed by atoms with Crippen LogP contribution in [0.5, 0.6) is 0 Å². The molecule has 0 bridgehead atoms. The second-order valence-electron chi connectivity index (χ2n) is 2.92. The third kappa shape index (κ3) is 4.97. The van der Waals surface area contributed by atoms with Crippen LogP contribution in [0.25, 0.3) is 0 Å². The quantitative estimate of drug-likeness (QED) is 0.154. The standard InChI is InChI=1S/C10H14N4O2/c11-12-8-14-13-6-10(15)16-7-9-4-2-1-3-5-9/h1-5,8,13H,6-7,11H2,(H,12,14). The van der Waals surface area contributed by atoms with Crippen molar-refractivity contribution in [1.29, 1.82) is 0 Å². The van der Waals surface area contributed by atoms with E-state index in [2.05, 4.69) is 16.0 Å². The zero-order valence-corrected chi connectivity index (χ0v) is 8.72. The third-order valence-electron chi connectivity index (χ3n) is 1.72. The van der Waals surface area contributed by atoms with E-state index in [9.17, 15) is 4.79 Å². The van der Waals surface area contributed by atoms with Gasteiger partial charge in [0.1, 0.15) is 19.5 Å². The molecule has 0 aromatic heterocycles. The van der Waals surface area contributed by atoms with Crippen LogP contribution >= 0.6 is 0 Å². The number of carbonyl (C=O) groups is 1. The molecule has 16 heavy (non-hydrogen) atoms. The molecule has 1 aromatic carbocycles. The fourth-order valence-corrected chi connectivity index (χ4v) is 0.995. The lowest BCUT2D eigenvalue weighted by atomic mass is 10.2. The van der Waals surface area contributed by atoms with Gasteiger partial charge in [-0.3, -0.25) is 4.79 Å². The predicted octanol–water partition coefficient (Wildman–Crippen LogP) is -0.274. The summed E-state index contributed by atoms with van der Waals surface area (Å²) in [5.41, 5.74) is 6.02. The molecule has 0 amide bonds. The van der Waals surface area contributed by atoms with Crippen molar-refractivity contribution < 1.29 is 9.53 Å². The number of hydrogen-bond donors (Lipinski definition) is 3. The number of carbonyl (C=O) groups excluding carboxylic acids is 1. The Morgan fingerprint density at radius 3 is 2.88 bits per heavy atom. The van der Waals surface area contributed by atoms with Gasteiger partial charge in [0.15, 0.2) is 0 Å². The summed E-state index contributed by atoms with van der Waals surface area (Å²) in [5, 5.41) is 3.18. The van der Waals surface area contributed by atoms with E-state index in [1.165, 1.54) is 6.34 Å². The molecule has 6 nitrogen and oxygen atoms in total. The largest absolute Gasteiger partial charge is 0.460 e. The minimum atomic E-state index is -0.359. The van der Waals surface area contributed by atoms with Gasteiger partial charge in [-0.25, -0.2) is 5.43 Å². The molecule has 0 saturated heterocycles.